The molecule has 5 nitrogen and oxygen atoms in total. The van der Waals surface area contributed by atoms with Crippen LogP contribution in [0.15, 0.2) is 35.2 Å². The maximum atomic E-state index is 12.9. The Kier molecular flexibility index (Phi) is 6.26. The molecule has 2 aromatic rings. The van der Waals surface area contributed by atoms with Crippen LogP contribution in [0.25, 0.3) is 0 Å². The van der Waals surface area contributed by atoms with Gasteiger partial charge in [-0.2, -0.15) is 13.8 Å². The average molecular weight is 393 g/mol. The van der Waals surface area contributed by atoms with Gasteiger partial charge in [0.1, 0.15) is 11.9 Å². The van der Waals surface area contributed by atoms with Crippen LogP contribution in [0, 0.1) is 13.8 Å². The van der Waals surface area contributed by atoms with Gasteiger partial charge in [0.25, 0.3) is 11.7 Å². The van der Waals surface area contributed by atoms with Gasteiger partial charge in [0.15, 0.2) is 0 Å². The van der Waals surface area contributed by atoms with Crippen LogP contribution in [0.4, 0.5) is 8.78 Å². The van der Waals surface area contributed by atoms with Crippen molar-refractivity contribution in [1.29, 1.82) is 0 Å². The minimum Gasteiger partial charge on any atom is -0.472 e. The van der Waals surface area contributed by atoms with Crippen LogP contribution in [0.1, 0.15) is 34.7 Å². The third-order valence-electron chi connectivity index (χ3n) is 4.23. The van der Waals surface area contributed by atoms with Gasteiger partial charge in [0, 0.05) is 23.2 Å². The SMILES string of the molecule is Cc1cc(O[C@@H]2CCCN(C(=O)c3ccccc3SC(F)F)C2)nc(C)n1. The number of alkyl halides is 2. The lowest BCUT2D eigenvalue weighted by atomic mass is 10.1. The zero-order chi connectivity index (χ0) is 19.4. The van der Waals surface area contributed by atoms with E-state index in [4.69, 9.17) is 4.74 Å². The molecule has 27 heavy (non-hydrogen) atoms. The number of nitrogens with zero attached hydrogens (tertiary/aromatic N) is 3. The molecule has 144 valence electrons. The fraction of sp³-hybridized carbons (Fsp3) is 0.421. The average Bonchev–Trinajstić information content (AvgIpc) is 2.60. The number of hydrogen-bond acceptors (Lipinski definition) is 5. The summed E-state index contributed by atoms with van der Waals surface area (Å²) in [6, 6.07) is 8.25. The Balaban J connectivity index is 1.71. The van der Waals surface area contributed by atoms with E-state index >= 15 is 0 Å². The number of rotatable bonds is 5. The molecule has 3 rings (SSSR count). The Morgan fingerprint density at radius 3 is 2.81 bits per heavy atom. The number of carbonyl (C=O) groups excluding carboxylic acids is 1. The molecule has 0 unspecified atom stereocenters. The van der Waals surface area contributed by atoms with Crippen LogP contribution in [0.3, 0.4) is 0 Å². The van der Waals surface area contributed by atoms with Crippen molar-refractivity contribution < 1.29 is 18.3 Å². The first-order valence-electron chi connectivity index (χ1n) is 8.74. The number of aryl methyl sites for hydroxylation is 2. The van der Waals surface area contributed by atoms with E-state index in [2.05, 4.69) is 9.97 Å². The molecule has 1 aliphatic heterocycles. The summed E-state index contributed by atoms with van der Waals surface area (Å²) in [6.07, 6.45) is 1.40. The molecule has 1 fully saturated rings. The third kappa shape index (κ3) is 5.15. The minimum atomic E-state index is -2.57. The van der Waals surface area contributed by atoms with Crippen molar-refractivity contribution in [1.82, 2.24) is 14.9 Å². The number of amides is 1. The number of aromatic nitrogens is 2. The van der Waals surface area contributed by atoms with E-state index in [0.29, 0.717) is 47.0 Å². The van der Waals surface area contributed by atoms with E-state index in [-0.39, 0.29) is 12.0 Å². The minimum absolute atomic E-state index is 0.189. The number of carbonyl (C=O) groups is 1. The number of thioether (sulfide) groups is 1. The molecule has 8 heteroatoms. The maximum Gasteiger partial charge on any atom is 0.288 e. The smallest absolute Gasteiger partial charge is 0.288 e. The molecule has 1 aromatic carbocycles. The topological polar surface area (TPSA) is 55.3 Å². The second-order valence-electron chi connectivity index (χ2n) is 6.40. The van der Waals surface area contributed by atoms with Gasteiger partial charge in [-0.3, -0.25) is 4.79 Å². The van der Waals surface area contributed by atoms with E-state index in [1.54, 1.807) is 42.2 Å². The summed E-state index contributed by atoms with van der Waals surface area (Å²) >= 11 is 0.395. The predicted molar refractivity (Wildman–Crippen MR) is 99.4 cm³/mol. The van der Waals surface area contributed by atoms with Crippen LogP contribution in [-0.4, -0.2) is 45.7 Å². The number of halogens is 2. The fourth-order valence-corrected chi connectivity index (χ4v) is 3.78. The van der Waals surface area contributed by atoms with E-state index in [1.807, 2.05) is 6.92 Å². The molecule has 1 aliphatic rings. The molecule has 0 N–H and O–H groups in total. The normalized spacial score (nSPS) is 17.2. The first kappa shape index (κ1) is 19.5. The van der Waals surface area contributed by atoms with Gasteiger partial charge in [-0.15, -0.1) is 0 Å². The monoisotopic (exact) mass is 393 g/mol. The summed E-state index contributed by atoms with van der Waals surface area (Å²) in [5.41, 5.74) is 1.12. The first-order chi connectivity index (χ1) is 12.9. The molecular formula is C19H21F2N3O2S. The molecule has 0 bridgehead atoms. The zero-order valence-electron chi connectivity index (χ0n) is 15.2. The van der Waals surface area contributed by atoms with Crippen LogP contribution in [0.2, 0.25) is 0 Å². The fourth-order valence-electron chi connectivity index (χ4n) is 3.15. The Hall–Kier alpha value is -2.22. The van der Waals surface area contributed by atoms with Crippen LogP contribution >= 0.6 is 11.8 Å². The lowest BCUT2D eigenvalue weighted by Crippen LogP contribution is -2.44. The molecule has 0 spiro atoms. The highest BCUT2D eigenvalue weighted by Crippen LogP contribution is 2.30. The van der Waals surface area contributed by atoms with E-state index in [1.165, 1.54) is 0 Å². The number of likely N-dealkylation sites (tertiary alicyclic amines) is 1. The largest absolute Gasteiger partial charge is 0.472 e. The predicted octanol–water partition coefficient (Wildman–Crippen LogP) is 4.09. The standard InChI is InChI=1S/C19H21F2N3O2S/c1-12-10-17(23-13(2)22-12)26-14-6-5-9-24(11-14)18(25)15-7-3-4-8-16(15)27-19(20)21/h3-4,7-8,10,14,19H,5-6,9,11H2,1-2H3/t14-/m1/s1. The van der Waals surface area contributed by atoms with Gasteiger partial charge in [-0.25, -0.2) is 4.98 Å². The molecule has 0 radical (unpaired) electrons. The summed E-state index contributed by atoms with van der Waals surface area (Å²) in [4.78, 5) is 23.4. The van der Waals surface area contributed by atoms with Crippen molar-refractivity contribution in [3.05, 3.63) is 47.4 Å². The van der Waals surface area contributed by atoms with Crippen LogP contribution in [0.5, 0.6) is 5.88 Å². The second-order valence-corrected chi connectivity index (χ2v) is 7.43. The van der Waals surface area contributed by atoms with Crippen molar-refractivity contribution in [2.75, 3.05) is 13.1 Å². The van der Waals surface area contributed by atoms with Crippen LogP contribution < -0.4 is 4.74 Å². The highest BCUT2D eigenvalue weighted by molar-refractivity contribution is 7.99. The molecule has 0 aliphatic carbocycles. The molecule has 1 atom stereocenters. The van der Waals surface area contributed by atoms with Gasteiger partial charge in [0.05, 0.1) is 12.1 Å². The Morgan fingerprint density at radius 1 is 1.30 bits per heavy atom. The molecule has 2 heterocycles. The van der Waals surface area contributed by atoms with Gasteiger partial charge < -0.3 is 9.64 Å². The summed E-state index contributed by atoms with van der Waals surface area (Å²) in [5, 5.41) is 0. The molecule has 1 saturated heterocycles. The van der Waals surface area contributed by atoms with E-state index < -0.39 is 5.76 Å². The van der Waals surface area contributed by atoms with E-state index in [0.717, 1.165) is 18.5 Å². The third-order valence-corrected chi connectivity index (χ3v) is 5.02. The molecule has 0 saturated carbocycles. The van der Waals surface area contributed by atoms with Gasteiger partial charge in [-0.05, 0) is 38.8 Å². The number of piperidine rings is 1. The summed E-state index contributed by atoms with van der Waals surface area (Å²) in [6.45, 7) is 4.65. The summed E-state index contributed by atoms with van der Waals surface area (Å²) < 4.78 is 31.5. The van der Waals surface area contributed by atoms with Crippen molar-refractivity contribution >= 4 is 17.7 Å². The Labute approximate surface area is 161 Å². The van der Waals surface area contributed by atoms with Gasteiger partial charge in [0.2, 0.25) is 5.88 Å². The molecule has 1 aromatic heterocycles. The maximum absolute atomic E-state index is 12.9. The highest BCUT2D eigenvalue weighted by atomic mass is 32.2. The highest BCUT2D eigenvalue weighted by Gasteiger charge is 2.27. The second kappa shape index (κ2) is 8.65. The summed E-state index contributed by atoms with van der Waals surface area (Å²) in [5.74, 6) is -1.69. The molecular weight excluding hydrogens is 372 g/mol. The van der Waals surface area contributed by atoms with E-state index in [9.17, 15) is 13.6 Å². The quantitative estimate of drug-likeness (QED) is 0.716. The van der Waals surface area contributed by atoms with Crippen molar-refractivity contribution in [3.8, 4) is 5.88 Å². The Bertz CT molecular complexity index is 799. The van der Waals surface area contributed by atoms with Crippen molar-refractivity contribution in [2.45, 2.75) is 43.4 Å². The summed E-state index contributed by atoms with van der Waals surface area (Å²) in [7, 11) is 0. The van der Waals surface area contributed by atoms with Crippen LogP contribution in [-0.2, 0) is 0 Å². The molecule has 1 amide bonds. The number of ether oxygens (including phenoxy) is 1. The van der Waals surface area contributed by atoms with Gasteiger partial charge >= 0.3 is 0 Å². The number of benzene rings is 1. The lowest BCUT2D eigenvalue weighted by Gasteiger charge is -2.33. The first-order valence-corrected chi connectivity index (χ1v) is 9.62. The van der Waals surface area contributed by atoms with Crippen molar-refractivity contribution in [3.63, 3.8) is 0 Å². The van der Waals surface area contributed by atoms with Crippen molar-refractivity contribution in [2.24, 2.45) is 0 Å². The zero-order valence-corrected chi connectivity index (χ0v) is 16.0. The lowest BCUT2D eigenvalue weighted by molar-refractivity contribution is 0.0523. The Morgan fingerprint density at radius 2 is 2.07 bits per heavy atom. The number of hydrogen-bond donors (Lipinski definition) is 0. The van der Waals surface area contributed by atoms with Gasteiger partial charge in [-0.1, -0.05) is 23.9 Å².